The van der Waals surface area contributed by atoms with Crippen LogP contribution < -0.4 is 0 Å². The maximum absolute atomic E-state index is 12.4. The molecule has 3 nitrogen and oxygen atoms in total. The molecule has 0 fully saturated rings. The van der Waals surface area contributed by atoms with E-state index >= 15 is 0 Å². The minimum Gasteiger partial charge on any atom is -0.478 e. The summed E-state index contributed by atoms with van der Waals surface area (Å²) in [7, 11) is 0. The summed E-state index contributed by atoms with van der Waals surface area (Å²) in [5, 5.41) is 8.99. The molecule has 0 amide bonds. The molecule has 1 aromatic heterocycles. The van der Waals surface area contributed by atoms with Gasteiger partial charge in [-0.25, -0.2) is 13.6 Å². The molecule has 0 spiro atoms. The molecular formula is C9H8BrF2NO2. The summed E-state index contributed by atoms with van der Waals surface area (Å²) in [5.74, 6) is -1.16. The number of aromatic nitrogens is 1. The Kier molecular flexibility index (Phi) is 3.73. The van der Waals surface area contributed by atoms with E-state index in [9.17, 15) is 13.6 Å². The molecule has 0 bridgehead atoms. The van der Waals surface area contributed by atoms with Crippen LogP contribution in [0.3, 0.4) is 0 Å². The standard InChI is InChI=1S/C9H8BrF2NO2/c1-4-2-5(8(11)12)13-6(3-10)7(4)9(14)15/h2,8H,3H2,1H3,(H,14,15). The van der Waals surface area contributed by atoms with Crippen LogP contribution in [0.5, 0.6) is 0 Å². The summed E-state index contributed by atoms with van der Waals surface area (Å²) in [6.45, 7) is 1.48. The number of nitrogens with zero attached hydrogens (tertiary/aromatic N) is 1. The normalized spacial score (nSPS) is 10.7. The highest BCUT2D eigenvalue weighted by Gasteiger charge is 2.18. The molecular weight excluding hydrogens is 272 g/mol. The number of carboxylic acids is 1. The highest BCUT2D eigenvalue weighted by molar-refractivity contribution is 9.08. The maximum Gasteiger partial charge on any atom is 0.337 e. The number of carbonyl (C=O) groups is 1. The van der Waals surface area contributed by atoms with Crippen molar-refractivity contribution >= 4 is 21.9 Å². The zero-order valence-corrected chi connectivity index (χ0v) is 9.38. The maximum atomic E-state index is 12.4. The Bertz CT molecular complexity index is 396. The van der Waals surface area contributed by atoms with Gasteiger partial charge >= 0.3 is 5.97 Å². The highest BCUT2D eigenvalue weighted by atomic mass is 79.9. The molecule has 0 saturated carbocycles. The minimum atomic E-state index is -2.69. The molecule has 6 heteroatoms. The summed E-state index contributed by atoms with van der Waals surface area (Å²) in [5.41, 5.74) is 0.00303. The lowest BCUT2D eigenvalue weighted by molar-refractivity contribution is 0.0694. The molecule has 1 heterocycles. The monoisotopic (exact) mass is 279 g/mol. The van der Waals surface area contributed by atoms with Crippen molar-refractivity contribution in [1.82, 2.24) is 4.98 Å². The zero-order valence-electron chi connectivity index (χ0n) is 7.80. The number of carboxylic acid groups (broad SMARTS) is 1. The summed E-state index contributed by atoms with van der Waals surface area (Å²) >= 11 is 3.02. The van der Waals surface area contributed by atoms with Gasteiger partial charge in [0.1, 0.15) is 5.69 Å². The van der Waals surface area contributed by atoms with Crippen molar-refractivity contribution in [1.29, 1.82) is 0 Å². The molecule has 0 aliphatic heterocycles. The average Bonchev–Trinajstić information content (AvgIpc) is 2.15. The molecule has 0 radical (unpaired) electrons. The van der Waals surface area contributed by atoms with Crippen LogP contribution in [0.15, 0.2) is 6.07 Å². The minimum absolute atomic E-state index is 0.0173. The van der Waals surface area contributed by atoms with E-state index in [2.05, 4.69) is 20.9 Å². The lowest BCUT2D eigenvalue weighted by Crippen LogP contribution is -2.08. The van der Waals surface area contributed by atoms with Crippen LogP contribution >= 0.6 is 15.9 Å². The van der Waals surface area contributed by atoms with Crippen molar-refractivity contribution in [2.45, 2.75) is 18.7 Å². The Morgan fingerprint density at radius 1 is 1.67 bits per heavy atom. The number of hydrogen-bond donors (Lipinski definition) is 1. The fourth-order valence-corrected chi connectivity index (χ4v) is 1.67. The van der Waals surface area contributed by atoms with E-state index in [4.69, 9.17) is 5.11 Å². The molecule has 0 saturated heterocycles. The molecule has 15 heavy (non-hydrogen) atoms. The van der Waals surface area contributed by atoms with E-state index in [0.29, 0.717) is 5.56 Å². The number of halogens is 3. The smallest absolute Gasteiger partial charge is 0.337 e. The SMILES string of the molecule is Cc1cc(C(F)F)nc(CBr)c1C(=O)O. The van der Waals surface area contributed by atoms with Crippen LogP contribution in [-0.2, 0) is 5.33 Å². The van der Waals surface area contributed by atoms with Gasteiger partial charge in [-0.2, -0.15) is 0 Å². The Morgan fingerprint density at radius 3 is 2.67 bits per heavy atom. The molecule has 1 rings (SSSR count). The summed E-state index contributed by atoms with van der Waals surface area (Å²) in [6.07, 6.45) is -2.69. The van der Waals surface area contributed by atoms with E-state index in [1.165, 1.54) is 6.92 Å². The summed E-state index contributed by atoms with van der Waals surface area (Å²) in [4.78, 5) is 14.4. The number of hydrogen-bond acceptors (Lipinski definition) is 2. The van der Waals surface area contributed by atoms with Gasteiger partial charge in [-0.15, -0.1) is 0 Å². The van der Waals surface area contributed by atoms with Gasteiger partial charge in [-0.1, -0.05) is 15.9 Å². The number of aryl methyl sites for hydroxylation is 1. The zero-order chi connectivity index (χ0) is 11.6. The lowest BCUT2D eigenvalue weighted by atomic mass is 10.1. The van der Waals surface area contributed by atoms with E-state index < -0.39 is 18.1 Å². The van der Waals surface area contributed by atoms with Crippen molar-refractivity contribution in [3.8, 4) is 0 Å². The fourth-order valence-electron chi connectivity index (χ4n) is 1.27. The quantitative estimate of drug-likeness (QED) is 0.866. The van der Waals surface area contributed by atoms with Crippen LogP contribution in [0.4, 0.5) is 8.78 Å². The number of aromatic carboxylic acids is 1. The number of alkyl halides is 3. The van der Waals surface area contributed by atoms with Crippen LogP contribution in [0.25, 0.3) is 0 Å². The molecule has 0 aromatic carbocycles. The largest absolute Gasteiger partial charge is 0.478 e. The Labute approximate surface area is 93.3 Å². The van der Waals surface area contributed by atoms with Gasteiger partial charge in [0.25, 0.3) is 6.43 Å². The third-order valence-corrected chi connectivity index (χ3v) is 2.41. The van der Waals surface area contributed by atoms with E-state index in [0.717, 1.165) is 6.07 Å². The van der Waals surface area contributed by atoms with Crippen molar-refractivity contribution in [3.05, 3.63) is 28.6 Å². The van der Waals surface area contributed by atoms with Crippen LogP contribution in [0, 0.1) is 6.92 Å². The molecule has 1 N–H and O–H groups in total. The second kappa shape index (κ2) is 4.65. The Balaban J connectivity index is 3.37. The lowest BCUT2D eigenvalue weighted by Gasteiger charge is -2.08. The van der Waals surface area contributed by atoms with Crippen molar-refractivity contribution in [3.63, 3.8) is 0 Å². The topological polar surface area (TPSA) is 50.2 Å². The first-order chi connectivity index (χ1) is 6.97. The van der Waals surface area contributed by atoms with Crippen molar-refractivity contribution in [2.24, 2.45) is 0 Å². The van der Waals surface area contributed by atoms with Gasteiger partial charge in [-0.3, -0.25) is 4.98 Å². The van der Waals surface area contributed by atoms with E-state index in [1.54, 1.807) is 0 Å². The number of pyridine rings is 1. The third-order valence-electron chi connectivity index (χ3n) is 1.88. The van der Waals surface area contributed by atoms with Gasteiger partial charge in [0.05, 0.1) is 11.3 Å². The summed E-state index contributed by atoms with van der Waals surface area (Å²) < 4.78 is 24.7. The average molecular weight is 280 g/mol. The van der Waals surface area contributed by atoms with Crippen LogP contribution in [0.1, 0.15) is 33.7 Å². The fraction of sp³-hybridized carbons (Fsp3) is 0.333. The third kappa shape index (κ3) is 2.50. The molecule has 82 valence electrons. The predicted molar refractivity (Wildman–Crippen MR) is 53.5 cm³/mol. The van der Waals surface area contributed by atoms with Gasteiger partial charge < -0.3 is 5.11 Å². The van der Waals surface area contributed by atoms with Gasteiger partial charge in [-0.05, 0) is 18.6 Å². The molecule has 0 unspecified atom stereocenters. The van der Waals surface area contributed by atoms with Crippen molar-refractivity contribution < 1.29 is 18.7 Å². The van der Waals surface area contributed by atoms with Gasteiger partial charge in [0.15, 0.2) is 0 Å². The van der Waals surface area contributed by atoms with E-state index in [1.807, 2.05) is 0 Å². The summed E-state index contributed by atoms with van der Waals surface area (Å²) in [6, 6.07) is 1.10. The van der Waals surface area contributed by atoms with Crippen molar-refractivity contribution in [2.75, 3.05) is 0 Å². The molecule has 0 aliphatic carbocycles. The number of rotatable bonds is 3. The first-order valence-electron chi connectivity index (χ1n) is 4.05. The van der Waals surface area contributed by atoms with Gasteiger partial charge in [0, 0.05) is 5.33 Å². The Hall–Kier alpha value is -1.04. The second-order valence-corrected chi connectivity index (χ2v) is 3.49. The molecule has 0 aliphatic rings. The first-order valence-corrected chi connectivity index (χ1v) is 5.17. The van der Waals surface area contributed by atoms with Gasteiger partial charge in [0.2, 0.25) is 0 Å². The first kappa shape index (κ1) is 12.0. The predicted octanol–water partition coefficient (Wildman–Crippen LogP) is 2.92. The molecule has 1 aromatic rings. The second-order valence-electron chi connectivity index (χ2n) is 2.93. The molecule has 0 atom stereocenters. The van der Waals surface area contributed by atoms with E-state index in [-0.39, 0.29) is 16.6 Å². The van der Waals surface area contributed by atoms with Crippen LogP contribution in [-0.4, -0.2) is 16.1 Å². The Morgan fingerprint density at radius 2 is 2.27 bits per heavy atom. The highest BCUT2D eigenvalue weighted by Crippen LogP contribution is 2.23. The van der Waals surface area contributed by atoms with Crippen LogP contribution in [0.2, 0.25) is 0 Å².